The molecule has 2 amide bonds. The summed E-state index contributed by atoms with van der Waals surface area (Å²) in [5.41, 5.74) is 14.1. The fraction of sp³-hybridized carbons (Fsp3) is 0.214. The van der Waals surface area contributed by atoms with E-state index in [1.165, 1.54) is 27.9 Å². The zero-order valence-corrected chi connectivity index (χ0v) is 30.1. The van der Waals surface area contributed by atoms with Gasteiger partial charge in [-0.3, -0.25) is 9.59 Å². The number of rotatable bonds is 11. The van der Waals surface area contributed by atoms with Gasteiger partial charge in [-0.2, -0.15) is 18.7 Å². The van der Waals surface area contributed by atoms with E-state index < -0.39 is 36.8 Å². The molecular formula is C42H41F3N4O6. The quantitative estimate of drug-likeness (QED) is 0.119. The molecule has 5 aromatic carbocycles. The van der Waals surface area contributed by atoms with Gasteiger partial charge < -0.3 is 30.3 Å². The summed E-state index contributed by atoms with van der Waals surface area (Å²) in [6.45, 7) is 2.57. The van der Waals surface area contributed by atoms with Crippen molar-refractivity contribution in [3.05, 3.63) is 144 Å². The number of carbonyl (C=O) groups is 3. The summed E-state index contributed by atoms with van der Waals surface area (Å²) >= 11 is 0. The second kappa shape index (κ2) is 19.2. The summed E-state index contributed by atoms with van der Waals surface area (Å²) in [6.07, 6.45) is -5.04. The molecule has 0 fully saturated rings. The SMILES string of the molecule is COc1ccc(-c2ccc(CN(C(=O)CCC(=O)NOC(=O)C(F)(F)F)c3ccccc3Oc3cccc(CN)c3)cc2)cc1.c1ccc2c(c1)CCNC2. The largest absolute Gasteiger partial charge is 0.497 e. The van der Waals surface area contributed by atoms with Gasteiger partial charge in [0.2, 0.25) is 5.91 Å². The molecule has 0 bridgehead atoms. The first kappa shape index (κ1) is 40.0. The topological polar surface area (TPSA) is 132 Å². The van der Waals surface area contributed by atoms with Crippen LogP contribution in [0.15, 0.2) is 121 Å². The molecule has 4 N–H and O–H groups in total. The number of methoxy groups -OCH3 is 1. The maximum Gasteiger partial charge on any atom is 0.493 e. The Morgan fingerprint density at radius 3 is 2.13 bits per heavy atom. The van der Waals surface area contributed by atoms with E-state index >= 15 is 0 Å². The summed E-state index contributed by atoms with van der Waals surface area (Å²) in [6, 6.07) is 37.7. The van der Waals surface area contributed by atoms with E-state index in [1.54, 1.807) is 49.6 Å². The number of hydrogen-bond acceptors (Lipinski definition) is 8. The molecule has 5 aromatic rings. The first-order chi connectivity index (χ1) is 26.5. The van der Waals surface area contributed by atoms with Gasteiger partial charge in [0.05, 0.1) is 19.3 Å². The number of fused-ring (bicyclic) bond motifs is 1. The standard InChI is InChI=1S/C33H30F3N3O6.C9H11N/c1-43-26-15-13-25(14-16-26)24-11-9-22(10-12-24)21-39(31(41)18-17-30(40)38-45-32(42)33(34,35)36)28-7-2-3-8-29(28)44-27-6-4-5-23(19-27)20-37;1-2-4-9-7-10-6-5-8(9)3-1/h2-16,19H,17-18,20-21,37H2,1H3,(H,38,40);1-4,10H,5-7H2. The lowest BCUT2D eigenvalue weighted by Gasteiger charge is -2.25. The van der Waals surface area contributed by atoms with E-state index in [0.717, 1.165) is 41.1 Å². The number of nitrogens with one attached hydrogen (secondary N) is 2. The molecule has 1 heterocycles. The summed E-state index contributed by atoms with van der Waals surface area (Å²) in [7, 11) is 1.59. The Balaban J connectivity index is 0.000000496. The molecule has 0 saturated heterocycles. The van der Waals surface area contributed by atoms with Gasteiger partial charge in [0.15, 0.2) is 5.75 Å². The van der Waals surface area contributed by atoms with E-state index in [1.807, 2.05) is 54.6 Å². The predicted octanol–water partition coefficient (Wildman–Crippen LogP) is 7.40. The number of hydroxylamine groups is 1. The summed E-state index contributed by atoms with van der Waals surface area (Å²) in [5, 5.41) is 3.34. The summed E-state index contributed by atoms with van der Waals surface area (Å²) < 4.78 is 48.5. The predicted molar refractivity (Wildman–Crippen MR) is 202 cm³/mol. The van der Waals surface area contributed by atoms with Crippen LogP contribution in [0.25, 0.3) is 11.1 Å². The van der Waals surface area contributed by atoms with Crippen molar-refractivity contribution in [1.82, 2.24) is 10.8 Å². The van der Waals surface area contributed by atoms with Crippen molar-refractivity contribution in [3.63, 3.8) is 0 Å². The molecule has 55 heavy (non-hydrogen) atoms. The number of alkyl halides is 3. The van der Waals surface area contributed by atoms with Crippen molar-refractivity contribution in [2.45, 2.75) is 45.1 Å². The lowest BCUT2D eigenvalue weighted by atomic mass is 10.0. The Bertz CT molecular complexity index is 2030. The van der Waals surface area contributed by atoms with Crippen molar-refractivity contribution in [2.75, 3.05) is 18.6 Å². The van der Waals surface area contributed by atoms with Crippen molar-refractivity contribution >= 4 is 23.5 Å². The summed E-state index contributed by atoms with van der Waals surface area (Å²) in [4.78, 5) is 41.8. The van der Waals surface area contributed by atoms with Crippen LogP contribution in [0.2, 0.25) is 0 Å². The lowest BCUT2D eigenvalue weighted by molar-refractivity contribution is -0.207. The second-order valence-electron chi connectivity index (χ2n) is 12.4. The van der Waals surface area contributed by atoms with Crippen LogP contribution in [0.3, 0.4) is 0 Å². The molecule has 286 valence electrons. The first-order valence-corrected chi connectivity index (χ1v) is 17.5. The van der Waals surface area contributed by atoms with Crippen molar-refractivity contribution < 1.29 is 41.9 Å². The van der Waals surface area contributed by atoms with Crippen LogP contribution in [0.1, 0.15) is 35.1 Å². The minimum Gasteiger partial charge on any atom is -0.497 e. The Kier molecular flexibility index (Phi) is 14.0. The van der Waals surface area contributed by atoms with Crippen LogP contribution in [-0.2, 0) is 45.3 Å². The van der Waals surface area contributed by atoms with Gasteiger partial charge in [-0.15, -0.1) is 0 Å². The third-order valence-corrected chi connectivity index (χ3v) is 8.60. The van der Waals surface area contributed by atoms with Crippen LogP contribution < -0.4 is 30.9 Å². The van der Waals surface area contributed by atoms with Gasteiger partial charge in [-0.05, 0) is 82.7 Å². The van der Waals surface area contributed by atoms with Gasteiger partial charge in [0.25, 0.3) is 5.91 Å². The van der Waals surface area contributed by atoms with Crippen LogP contribution in [0.4, 0.5) is 18.9 Å². The lowest BCUT2D eigenvalue weighted by Crippen LogP contribution is -2.36. The van der Waals surface area contributed by atoms with E-state index in [0.29, 0.717) is 23.7 Å². The highest BCUT2D eigenvalue weighted by molar-refractivity contribution is 5.96. The molecule has 0 spiro atoms. The molecule has 1 aliphatic heterocycles. The molecule has 0 saturated carbocycles. The zero-order valence-electron chi connectivity index (χ0n) is 30.1. The maximum atomic E-state index is 13.6. The molecule has 0 unspecified atom stereocenters. The third-order valence-electron chi connectivity index (χ3n) is 8.60. The Morgan fingerprint density at radius 1 is 0.782 bits per heavy atom. The number of para-hydroxylation sites is 2. The third kappa shape index (κ3) is 11.7. The highest BCUT2D eigenvalue weighted by Crippen LogP contribution is 2.34. The second-order valence-corrected chi connectivity index (χ2v) is 12.4. The van der Waals surface area contributed by atoms with Crippen molar-refractivity contribution in [1.29, 1.82) is 0 Å². The molecule has 0 aliphatic carbocycles. The Morgan fingerprint density at radius 2 is 1.45 bits per heavy atom. The van der Waals surface area contributed by atoms with E-state index in [-0.39, 0.29) is 6.54 Å². The van der Waals surface area contributed by atoms with Gasteiger partial charge in [0.1, 0.15) is 11.5 Å². The highest BCUT2D eigenvalue weighted by Gasteiger charge is 2.42. The number of hydrogen-bond donors (Lipinski definition) is 3. The molecule has 0 atom stereocenters. The van der Waals surface area contributed by atoms with Crippen LogP contribution >= 0.6 is 0 Å². The number of nitrogens with two attached hydrogens (primary N) is 1. The number of ether oxygens (including phenoxy) is 2. The Labute approximate surface area is 317 Å². The number of halogens is 3. The number of carbonyl (C=O) groups excluding carboxylic acids is 3. The van der Waals surface area contributed by atoms with E-state index in [4.69, 9.17) is 15.2 Å². The fourth-order valence-corrected chi connectivity index (χ4v) is 5.69. The number of anilines is 1. The average molecular weight is 755 g/mol. The van der Waals surface area contributed by atoms with Gasteiger partial charge in [-0.1, -0.05) is 84.9 Å². The molecule has 10 nitrogen and oxygen atoms in total. The molecule has 0 aromatic heterocycles. The van der Waals surface area contributed by atoms with Crippen LogP contribution in [0, 0.1) is 0 Å². The average Bonchev–Trinajstić information content (AvgIpc) is 3.21. The fourth-order valence-electron chi connectivity index (χ4n) is 5.69. The van der Waals surface area contributed by atoms with Gasteiger partial charge in [-0.25, -0.2) is 4.79 Å². The number of nitrogens with zero attached hydrogens (tertiary/aromatic N) is 1. The van der Waals surface area contributed by atoms with E-state index in [2.05, 4.69) is 34.4 Å². The smallest absolute Gasteiger partial charge is 0.493 e. The molecule has 1 aliphatic rings. The first-order valence-electron chi connectivity index (χ1n) is 17.5. The Hall–Kier alpha value is -6.18. The number of amides is 2. The van der Waals surface area contributed by atoms with E-state index in [9.17, 15) is 27.6 Å². The van der Waals surface area contributed by atoms with Gasteiger partial charge >= 0.3 is 12.1 Å². The van der Waals surface area contributed by atoms with Gasteiger partial charge in [0, 0.05) is 25.9 Å². The van der Waals surface area contributed by atoms with Crippen LogP contribution in [-0.4, -0.2) is 37.6 Å². The monoisotopic (exact) mass is 754 g/mol. The molecule has 0 radical (unpaired) electrons. The minimum atomic E-state index is -5.28. The minimum absolute atomic E-state index is 0.0790. The normalized spacial score (nSPS) is 11.9. The molecule has 13 heteroatoms. The zero-order chi connectivity index (χ0) is 39.2. The molecular weight excluding hydrogens is 713 g/mol. The maximum absolute atomic E-state index is 13.6. The number of benzene rings is 5. The highest BCUT2D eigenvalue weighted by atomic mass is 19.4. The van der Waals surface area contributed by atoms with Crippen molar-refractivity contribution in [3.8, 4) is 28.4 Å². The summed E-state index contributed by atoms with van der Waals surface area (Å²) in [5.74, 6) is -2.61. The molecule has 6 rings (SSSR count). The van der Waals surface area contributed by atoms with Crippen molar-refractivity contribution in [2.24, 2.45) is 5.73 Å². The van der Waals surface area contributed by atoms with Crippen LogP contribution in [0.5, 0.6) is 17.2 Å².